The van der Waals surface area contributed by atoms with E-state index >= 15 is 0 Å². The van der Waals surface area contributed by atoms with E-state index in [4.69, 9.17) is 0 Å². The monoisotopic (exact) mass is 222 g/mol. The second-order valence-electron chi connectivity index (χ2n) is 7.85. The summed E-state index contributed by atoms with van der Waals surface area (Å²) < 4.78 is 0. The minimum atomic E-state index is -0.305. The van der Waals surface area contributed by atoms with Crippen LogP contribution in [-0.2, 0) is 0 Å². The van der Waals surface area contributed by atoms with Crippen LogP contribution in [0.1, 0.15) is 65.7 Å². The zero-order valence-corrected chi connectivity index (χ0v) is 11.1. The maximum Gasteiger partial charge on any atom is 0.0653 e. The highest BCUT2D eigenvalue weighted by molar-refractivity contribution is 5.09. The van der Waals surface area contributed by atoms with E-state index in [0.717, 1.165) is 31.1 Å². The molecule has 2 bridgehead atoms. The zero-order valence-electron chi connectivity index (χ0n) is 11.1. The average Bonchev–Trinajstić information content (AvgIpc) is 2.19. The fourth-order valence-electron chi connectivity index (χ4n) is 5.27. The van der Waals surface area contributed by atoms with Gasteiger partial charge in [-0.25, -0.2) is 0 Å². The normalized spacial score (nSPS) is 54.8. The Balaban J connectivity index is 1.92. The third-order valence-electron chi connectivity index (χ3n) is 6.17. The molecule has 0 spiro atoms. The lowest BCUT2D eigenvalue weighted by molar-refractivity contribution is -0.110. The van der Waals surface area contributed by atoms with Gasteiger partial charge in [-0.3, -0.25) is 0 Å². The van der Waals surface area contributed by atoms with Gasteiger partial charge in [-0.15, -0.1) is 0 Å². The molecule has 0 aromatic rings. The summed E-state index contributed by atoms with van der Waals surface area (Å²) in [6, 6.07) is 0. The van der Waals surface area contributed by atoms with E-state index in [0.29, 0.717) is 10.8 Å². The Labute approximate surface area is 99.6 Å². The van der Waals surface area contributed by atoms with Gasteiger partial charge in [0.2, 0.25) is 0 Å². The summed E-state index contributed by atoms with van der Waals surface area (Å²) in [6.07, 6.45) is 8.46. The quantitative estimate of drug-likeness (QED) is 0.662. The van der Waals surface area contributed by atoms with Crippen LogP contribution >= 0.6 is 0 Å². The first-order valence-electron chi connectivity index (χ1n) is 7.07. The summed E-state index contributed by atoms with van der Waals surface area (Å²) in [5.74, 6) is 1.78. The van der Waals surface area contributed by atoms with Crippen molar-refractivity contribution in [2.75, 3.05) is 0 Å². The molecule has 0 heterocycles. The molecule has 16 heavy (non-hydrogen) atoms. The summed E-state index contributed by atoms with van der Waals surface area (Å²) in [6.45, 7) is 7.31. The lowest BCUT2D eigenvalue weighted by Crippen LogP contribution is -2.51. The van der Waals surface area contributed by atoms with Crippen LogP contribution in [0.3, 0.4) is 0 Å². The Morgan fingerprint density at radius 3 is 2.44 bits per heavy atom. The molecule has 0 aliphatic heterocycles. The molecule has 3 saturated carbocycles. The molecule has 0 aromatic heterocycles. The zero-order chi connectivity index (χ0) is 11.6. The van der Waals surface area contributed by atoms with Crippen molar-refractivity contribution in [1.82, 2.24) is 0 Å². The molecule has 3 aliphatic carbocycles. The second kappa shape index (κ2) is 3.04. The molecule has 1 N–H and O–H groups in total. The summed E-state index contributed by atoms with van der Waals surface area (Å²) in [4.78, 5) is 0. The van der Waals surface area contributed by atoms with Gasteiger partial charge in [0.05, 0.1) is 5.60 Å². The van der Waals surface area contributed by atoms with Gasteiger partial charge in [0.25, 0.3) is 0 Å². The van der Waals surface area contributed by atoms with Crippen molar-refractivity contribution in [1.29, 1.82) is 0 Å². The molecule has 0 amide bonds. The molecule has 1 nitrogen and oxygen atoms in total. The largest absolute Gasteiger partial charge is 0.390 e. The van der Waals surface area contributed by atoms with Gasteiger partial charge < -0.3 is 5.11 Å². The first-order chi connectivity index (χ1) is 7.35. The lowest BCUT2D eigenvalue weighted by Gasteiger charge is -2.59. The Morgan fingerprint density at radius 2 is 1.75 bits per heavy atom. The van der Waals surface area contributed by atoms with Crippen LogP contribution in [0.2, 0.25) is 0 Å². The van der Waals surface area contributed by atoms with Crippen LogP contribution in [0.15, 0.2) is 0 Å². The summed E-state index contributed by atoms with van der Waals surface area (Å²) in [5.41, 5.74) is 0.686. The Hall–Kier alpha value is -0.0400. The van der Waals surface area contributed by atoms with Gasteiger partial charge in [-0.05, 0) is 61.2 Å². The minimum absolute atomic E-state index is 0.305. The fourth-order valence-corrected chi connectivity index (χ4v) is 5.27. The predicted molar refractivity (Wildman–Crippen MR) is 66.1 cm³/mol. The number of fused-ring (bicyclic) bond motifs is 4. The van der Waals surface area contributed by atoms with Crippen molar-refractivity contribution in [2.24, 2.45) is 22.7 Å². The van der Waals surface area contributed by atoms with E-state index in [1.54, 1.807) is 0 Å². The topological polar surface area (TPSA) is 20.2 Å². The molecule has 0 aromatic carbocycles. The van der Waals surface area contributed by atoms with Crippen LogP contribution in [0, 0.1) is 22.7 Å². The van der Waals surface area contributed by atoms with Crippen molar-refractivity contribution in [3.8, 4) is 0 Å². The van der Waals surface area contributed by atoms with Gasteiger partial charge in [0, 0.05) is 0 Å². The smallest absolute Gasteiger partial charge is 0.0653 e. The molecular weight excluding hydrogens is 196 g/mol. The van der Waals surface area contributed by atoms with Crippen molar-refractivity contribution in [3.05, 3.63) is 0 Å². The third kappa shape index (κ3) is 1.40. The summed E-state index contributed by atoms with van der Waals surface area (Å²) in [7, 11) is 0. The second-order valence-corrected chi connectivity index (χ2v) is 7.85. The van der Waals surface area contributed by atoms with Crippen LogP contribution in [0.4, 0.5) is 0 Å². The van der Waals surface area contributed by atoms with E-state index in [-0.39, 0.29) is 5.60 Å². The Kier molecular flexibility index (Phi) is 2.11. The SMILES string of the molecule is CC1(C)C[C@H]2[C@H]1CC[C@]1(O)CCC[C@@]2(C)C1. The molecule has 0 saturated heterocycles. The van der Waals surface area contributed by atoms with Crippen molar-refractivity contribution < 1.29 is 5.11 Å². The van der Waals surface area contributed by atoms with E-state index in [9.17, 15) is 5.11 Å². The molecule has 3 fully saturated rings. The summed E-state index contributed by atoms with van der Waals surface area (Å²) >= 11 is 0. The first kappa shape index (κ1) is 11.1. The van der Waals surface area contributed by atoms with E-state index in [2.05, 4.69) is 20.8 Å². The summed E-state index contributed by atoms with van der Waals surface area (Å²) in [5, 5.41) is 10.7. The van der Waals surface area contributed by atoms with Gasteiger partial charge in [-0.2, -0.15) is 0 Å². The fraction of sp³-hybridized carbons (Fsp3) is 1.00. The molecule has 1 heteroatoms. The van der Waals surface area contributed by atoms with Crippen LogP contribution < -0.4 is 0 Å². The van der Waals surface area contributed by atoms with Crippen LogP contribution in [0.5, 0.6) is 0 Å². The van der Waals surface area contributed by atoms with E-state index in [1.807, 2.05) is 0 Å². The van der Waals surface area contributed by atoms with Crippen molar-refractivity contribution in [3.63, 3.8) is 0 Å². The number of hydrogen-bond acceptors (Lipinski definition) is 1. The Bertz CT molecular complexity index is 309. The number of aliphatic hydroxyl groups is 1. The lowest BCUT2D eigenvalue weighted by atomic mass is 9.46. The average molecular weight is 222 g/mol. The maximum atomic E-state index is 10.7. The molecule has 3 rings (SSSR count). The molecule has 92 valence electrons. The highest BCUT2D eigenvalue weighted by Gasteiger charge is 2.59. The molecule has 3 aliphatic rings. The molecule has 0 radical (unpaired) electrons. The van der Waals surface area contributed by atoms with Gasteiger partial charge in [0.1, 0.15) is 0 Å². The predicted octanol–water partition coefficient (Wildman–Crippen LogP) is 3.75. The molecule has 4 atom stereocenters. The van der Waals surface area contributed by atoms with Gasteiger partial charge in [0.15, 0.2) is 0 Å². The van der Waals surface area contributed by atoms with Crippen LogP contribution in [0.25, 0.3) is 0 Å². The minimum Gasteiger partial charge on any atom is -0.390 e. The number of hydrogen-bond donors (Lipinski definition) is 1. The Morgan fingerprint density at radius 1 is 1.00 bits per heavy atom. The first-order valence-corrected chi connectivity index (χ1v) is 7.07. The maximum absolute atomic E-state index is 10.7. The van der Waals surface area contributed by atoms with Crippen molar-refractivity contribution >= 4 is 0 Å². The highest BCUT2D eigenvalue weighted by Crippen LogP contribution is 2.66. The molecule has 0 unspecified atom stereocenters. The van der Waals surface area contributed by atoms with Gasteiger partial charge >= 0.3 is 0 Å². The van der Waals surface area contributed by atoms with E-state index < -0.39 is 0 Å². The van der Waals surface area contributed by atoms with Crippen molar-refractivity contribution in [2.45, 2.75) is 71.3 Å². The number of rotatable bonds is 0. The highest BCUT2D eigenvalue weighted by atomic mass is 16.3. The third-order valence-corrected chi connectivity index (χ3v) is 6.17. The van der Waals surface area contributed by atoms with Gasteiger partial charge in [-0.1, -0.05) is 27.2 Å². The standard InChI is InChI=1S/C15H26O/c1-13(2)9-12-11(13)5-8-15(16)7-4-6-14(12,3)10-15/h11-12,16H,4-10H2,1-3H3/t11-,12+,14+,15-/m1/s1. The molecular formula is C15H26O. The van der Waals surface area contributed by atoms with Crippen LogP contribution in [-0.4, -0.2) is 10.7 Å². The van der Waals surface area contributed by atoms with E-state index in [1.165, 1.54) is 25.7 Å².